The van der Waals surface area contributed by atoms with Gasteiger partial charge in [0.25, 0.3) is 0 Å². The minimum Gasteiger partial charge on any atom is -0.368 e. The average molecular weight is 145 g/mol. The van der Waals surface area contributed by atoms with Crippen molar-refractivity contribution < 1.29 is 4.74 Å². The Morgan fingerprint density at radius 3 is 2.82 bits per heavy atom. The van der Waals surface area contributed by atoms with Gasteiger partial charge in [-0.05, 0) is 6.07 Å². The molecule has 1 atom stereocenters. The van der Waals surface area contributed by atoms with E-state index < -0.39 is 0 Å². The summed E-state index contributed by atoms with van der Waals surface area (Å²) in [5, 5.41) is 8.69. The summed E-state index contributed by atoms with van der Waals surface area (Å²) >= 11 is 0. The highest BCUT2D eigenvalue weighted by Gasteiger charge is 2.26. The lowest BCUT2D eigenvalue weighted by Gasteiger charge is -1.96. The lowest BCUT2D eigenvalue weighted by molar-refractivity contribution is 0.415. The molecule has 1 unspecified atom stereocenters. The van der Waals surface area contributed by atoms with Crippen molar-refractivity contribution in [3.8, 4) is 6.07 Å². The highest BCUT2D eigenvalue weighted by Crippen LogP contribution is 2.31. The van der Waals surface area contributed by atoms with Gasteiger partial charge in [0.15, 0.2) is 0 Å². The third-order valence-corrected chi connectivity index (χ3v) is 1.76. The maximum atomic E-state index is 8.69. The molecule has 1 aliphatic rings. The third kappa shape index (κ3) is 1.11. The molecule has 0 spiro atoms. The van der Waals surface area contributed by atoms with E-state index in [1.807, 2.05) is 24.3 Å². The maximum absolute atomic E-state index is 8.69. The van der Waals surface area contributed by atoms with E-state index in [1.165, 1.54) is 0 Å². The standard InChI is InChI=1S/C9H7NO/c10-5-7-3-1-2-4-8(7)9-6-11-9/h1-4,9H,6H2. The molecule has 1 aromatic rings. The lowest BCUT2D eigenvalue weighted by Crippen LogP contribution is -1.85. The monoisotopic (exact) mass is 145 g/mol. The second-order valence-corrected chi connectivity index (χ2v) is 2.52. The Kier molecular flexibility index (Phi) is 1.38. The van der Waals surface area contributed by atoms with Crippen LogP contribution in [-0.2, 0) is 4.74 Å². The minimum atomic E-state index is 0.186. The highest BCUT2D eigenvalue weighted by molar-refractivity contribution is 5.39. The second-order valence-electron chi connectivity index (χ2n) is 2.52. The molecule has 0 saturated carbocycles. The number of rotatable bonds is 1. The van der Waals surface area contributed by atoms with Crippen molar-refractivity contribution in [1.82, 2.24) is 0 Å². The maximum Gasteiger partial charge on any atom is 0.107 e. The van der Waals surface area contributed by atoms with Crippen LogP contribution in [0, 0.1) is 11.3 Å². The van der Waals surface area contributed by atoms with Crippen molar-refractivity contribution in [2.24, 2.45) is 0 Å². The molecule has 1 aliphatic heterocycles. The van der Waals surface area contributed by atoms with Gasteiger partial charge in [-0.15, -0.1) is 0 Å². The Morgan fingerprint density at radius 2 is 2.18 bits per heavy atom. The quantitative estimate of drug-likeness (QED) is 0.563. The topological polar surface area (TPSA) is 36.3 Å². The van der Waals surface area contributed by atoms with Gasteiger partial charge in [0, 0.05) is 5.56 Å². The summed E-state index contributed by atoms with van der Waals surface area (Å²) in [5.41, 5.74) is 1.75. The third-order valence-electron chi connectivity index (χ3n) is 1.76. The highest BCUT2D eigenvalue weighted by atomic mass is 16.6. The molecule has 1 fully saturated rings. The SMILES string of the molecule is N#Cc1ccccc1C1CO1. The van der Waals surface area contributed by atoms with Crippen molar-refractivity contribution in [3.63, 3.8) is 0 Å². The van der Waals surface area contributed by atoms with E-state index >= 15 is 0 Å². The fourth-order valence-corrected chi connectivity index (χ4v) is 1.11. The van der Waals surface area contributed by atoms with Crippen molar-refractivity contribution in [2.45, 2.75) is 6.10 Å². The summed E-state index contributed by atoms with van der Waals surface area (Å²) in [6.45, 7) is 0.763. The fraction of sp³-hybridized carbons (Fsp3) is 0.222. The Morgan fingerprint density at radius 1 is 1.45 bits per heavy atom. The summed E-state index contributed by atoms with van der Waals surface area (Å²) in [6.07, 6.45) is 0.186. The number of epoxide rings is 1. The van der Waals surface area contributed by atoms with Crippen LogP contribution in [0.1, 0.15) is 17.2 Å². The number of ether oxygens (including phenoxy) is 1. The first-order valence-electron chi connectivity index (χ1n) is 3.52. The zero-order valence-electron chi connectivity index (χ0n) is 5.95. The van der Waals surface area contributed by atoms with E-state index in [-0.39, 0.29) is 6.10 Å². The first-order valence-corrected chi connectivity index (χ1v) is 3.52. The van der Waals surface area contributed by atoms with Crippen molar-refractivity contribution in [3.05, 3.63) is 35.4 Å². The van der Waals surface area contributed by atoms with Gasteiger partial charge in [-0.3, -0.25) is 0 Å². The number of nitriles is 1. The molecule has 0 aliphatic carbocycles. The molecule has 54 valence electrons. The van der Waals surface area contributed by atoms with Gasteiger partial charge in [-0.2, -0.15) is 5.26 Å². The van der Waals surface area contributed by atoms with Crippen LogP contribution < -0.4 is 0 Å². The van der Waals surface area contributed by atoms with Gasteiger partial charge >= 0.3 is 0 Å². The van der Waals surface area contributed by atoms with Crippen molar-refractivity contribution >= 4 is 0 Å². The van der Waals surface area contributed by atoms with Gasteiger partial charge in [0.1, 0.15) is 6.10 Å². The Bertz CT molecular complexity index is 310. The van der Waals surface area contributed by atoms with Crippen LogP contribution in [0.4, 0.5) is 0 Å². The molecule has 1 heterocycles. The predicted molar refractivity (Wildman–Crippen MR) is 39.9 cm³/mol. The Balaban J connectivity index is 2.44. The van der Waals surface area contributed by atoms with Crippen LogP contribution in [0.25, 0.3) is 0 Å². The lowest BCUT2D eigenvalue weighted by atomic mass is 10.1. The van der Waals surface area contributed by atoms with E-state index in [0.717, 1.165) is 17.7 Å². The van der Waals surface area contributed by atoms with Crippen molar-refractivity contribution in [2.75, 3.05) is 6.61 Å². The summed E-state index contributed by atoms with van der Waals surface area (Å²) in [6, 6.07) is 9.69. The van der Waals surface area contributed by atoms with Crippen LogP contribution in [0.2, 0.25) is 0 Å². The van der Waals surface area contributed by atoms with Gasteiger partial charge in [0.2, 0.25) is 0 Å². The van der Waals surface area contributed by atoms with E-state index in [9.17, 15) is 0 Å². The molecule has 2 nitrogen and oxygen atoms in total. The first-order chi connectivity index (χ1) is 5.42. The Hall–Kier alpha value is -1.33. The number of hydrogen-bond donors (Lipinski definition) is 0. The van der Waals surface area contributed by atoms with E-state index in [1.54, 1.807) is 0 Å². The molecular weight excluding hydrogens is 138 g/mol. The van der Waals surface area contributed by atoms with Crippen LogP contribution in [-0.4, -0.2) is 6.61 Å². The zero-order chi connectivity index (χ0) is 7.68. The number of benzene rings is 1. The molecule has 2 heteroatoms. The number of hydrogen-bond acceptors (Lipinski definition) is 2. The second kappa shape index (κ2) is 2.37. The van der Waals surface area contributed by atoms with Crippen LogP contribution in [0.5, 0.6) is 0 Å². The molecule has 0 amide bonds. The summed E-state index contributed by atoms with van der Waals surface area (Å²) in [7, 11) is 0. The molecule has 0 N–H and O–H groups in total. The molecule has 2 rings (SSSR count). The van der Waals surface area contributed by atoms with Gasteiger partial charge in [0.05, 0.1) is 18.2 Å². The molecule has 1 aromatic carbocycles. The average Bonchev–Trinajstić information content (AvgIpc) is 2.87. The van der Waals surface area contributed by atoms with Gasteiger partial charge < -0.3 is 4.74 Å². The van der Waals surface area contributed by atoms with Gasteiger partial charge in [-0.1, -0.05) is 18.2 Å². The molecule has 0 aromatic heterocycles. The van der Waals surface area contributed by atoms with E-state index in [4.69, 9.17) is 10.00 Å². The summed E-state index contributed by atoms with van der Waals surface area (Å²) in [5.74, 6) is 0. The van der Waals surface area contributed by atoms with Crippen LogP contribution in [0.3, 0.4) is 0 Å². The fourth-order valence-electron chi connectivity index (χ4n) is 1.11. The summed E-state index contributed by atoms with van der Waals surface area (Å²) in [4.78, 5) is 0. The van der Waals surface area contributed by atoms with Crippen molar-refractivity contribution in [1.29, 1.82) is 5.26 Å². The Labute approximate surface area is 65.0 Å². The van der Waals surface area contributed by atoms with E-state index in [2.05, 4.69) is 6.07 Å². The normalized spacial score (nSPS) is 20.8. The van der Waals surface area contributed by atoms with Crippen LogP contribution in [0.15, 0.2) is 24.3 Å². The predicted octanol–water partition coefficient (Wildman–Crippen LogP) is 1.63. The zero-order valence-corrected chi connectivity index (χ0v) is 5.95. The molecule has 1 saturated heterocycles. The molecule has 11 heavy (non-hydrogen) atoms. The minimum absolute atomic E-state index is 0.186. The van der Waals surface area contributed by atoms with E-state index in [0.29, 0.717) is 0 Å². The number of nitrogens with zero attached hydrogens (tertiary/aromatic N) is 1. The van der Waals surface area contributed by atoms with Gasteiger partial charge in [-0.25, -0.2) is 0 Å². The van der Waals surface area contributed by atoms with Crippen LogP contribution >= 0.6 is 0 Å². The largest absolute Gasteiger partial charge is 0.368 e. The molecule has 0 bridgehead atoms. The molecular formula is C9H7NO. The smallest absolute Gasteiger partial charge is 0.107 e. The molecule has 0 radical (unpaired) electrons. The first kappa shape index (κ1) is 6.38. The summed E-state index contributed by atoms with van der Waals surface area (Å²) < 4.78 is 5.09.